The van der Waals surface area contributed by atoms with Crippen LogP contribution in [0.25, 0.3) is 0 Å². The van der Waals surface area contributed by atoms with Gasteiger partial charge in [0.15, 0.2) is 0 Å². The average Bonchev–Trinajstić information content (AvgIpc) is 2.02. The lowest BCUT2D eigenvalue weighted by molar-refractivity contribution is 0.218. The number of nitrogens with two attached hydrogens (primary N) is 2. The quantitative estimate of drug-likeness (QED) is 0.405. The van der Waals surface area contributed by atoms with Crippen molar-refractivity contribution in [1.29, 1.82) is 5.41 Å². The first kappa shape index (κ1) is 10.6. The number of aliphatic hydroxyl groups excluding tert-OH is 1. The molecule has 0 amide bonds. The zero-order valence-electron chi connectivity index (χ0n) is 6.88. The van der Waals surface area contributed by atoms with E-state index in [0.717, 1.165) is 0 Å². The first-order chi connectivity index (χ1) is 5.11. The summed E-state index contributed by atoms with van der Waals surface area (Å²) in [5.41, 5.74) is 11.1. The molecule has 0 aromatic carbocycles. The molecule has 0 aliphatic heterocycles. The zero-order valence-corrected chi connectivity index (χ0v) is 6.88. The molecule has 0 aliphatic carbocycles. The first-order valence-electron chi connectivity index (χ1n) is 3.82. The van der Waals surface area contributed by atoms with E-state index in [4.69, 9.17) is 16.9 Å². The Labute approximate surface area is 67.1 Å². The topological polar surface area (TPSA) is 96.1 Å². The molecule has 11 heavy (non-hydrogen) atoms. The Morgan fingerprint density at radius 1 is 1.64 bits per heavy atom. The number of hydrogen-bond acceptors (Lipinski definition) is 4. The minimum absolute atomic E-state index is 0.197. The SMILES string of the molecule is CCC(=N)[C@@H](O)CC(N)CN. The standard InChI is InChI=1S/C7H17N3O/c1-2-6(10)7(11)3-5(9)4-8/h5,7,10-11H,2-4,8-9H2,1H3/t5?,7-/m0/s1. The Kier molecular flexibility index (Phi) is 5.02. The Morgan fingerprint density at radius 2 is 2.18 bits per heavy atom. The predicted molar refractivity (Wildman–Crippen MR) is 45.7 cm³/mol. The number of nitrogens with one attached hydrogen (secondary N) is 1. The van der Waals surface area contributed by atoms with Gasteiger partial charge in [-0.1, -0.05) is 6.92 Å². The van der Waals surface area contributed by atoms with Crippen LogP contribution in [0.4, 0.5) is 0 Å². The lowest BCUT2D eigenvalue weighted by Crippen LogP contribution is -2.35. The van der Waals surface area contributed by atoms with Gasteiger partial charge in [-0.25, -0.2) is 0 Å². The van der Waals surface area contributed by atoms with Gasteiger partial charge in [-0.2, -0.15) is 0 Å². The molecule has 6 N–H and O–H groups in total. The smallest absolute Gasteiger partial charge is 0.0929 e. The van der Waals surface area contributed by atoms with Gasteiger partial charge in [0, 0.05) is 18.3 Å². The van der Waals surface area contributed by atoms with Gasteiger partial charge in [0.25, 0.3) is 0 Å². The molecule has 1 unspecified atom stereocenters. The van der Waals surface area contributed by atoms with E-state index >= 15 is 0 Å². The summed E-state index contributed by atoms with van der Waals surface area (Å²) in [6, 6.07) is -0.197. The van der Waals surface area contributed by atoms with Crippen molar-refractivity contribution in [3.63, 3.8) is 0 Å². The molecule has 0 radical (unpaired) electrons. The Balaban J connectivity index is 3.67. The van der Waals surface area contributed by atoms with E-state index in [1.165, 1.54) is 0 Å². The van der Waals surface area contributed by atoms with Gasteiger partial charge in [0.05, 0.1) is 6.10 Å². The largest absolute Gasteiger partial charge is 0.387 e. The molecule has 0 aliphatic rings. The van der Waals surface area contributed by atoms with Crippen molar-refractivity contribution in [2.45, 2.75) is 31.9 Å². The van der Waals surface area contributed by atoms with Crippen LogP contribution in [0.3, 0.4) is 0 Å². The molecule has 2 atom stereocenters. The van der Waals surface area contributed by atoms with Crippen molar-refractivity contribution >= 4 is 5.71 Å². The molecule has 4 nitrogen and oxygen atoms in total. The third kappa shape index (κ3) is 4.08. The molecule has 4 heteroatoms. The second-order valence-electron chi connectivity index (χ2n) is 2.63. The molecule has 0 rings (SSSR count). The molecule has 66 valence electrons. The second kappa shape index (κ2) is 5.23. The van der Waals surface area contributed by atoms with Gasteiger partial charge in [-0.3, -0.25) is 0 Å². The molecular weight excluding hydrogens is 142 g/mol. The number of aliphatic hydroxyl groups is 1. The molecule has 0 saturated carbocycles. The molecule has 0 spiro atoms. The monoisotopic (exact) mass is 159 g/mol. The summed E-state index contributed by atoms with van der Waals surface area (Å²) in [7, 11) is 0. The van der Waals surface area contributed by atoms with Crippen molar-refractivity contribution in [2.75, 3.05) is 6.54 Å². The van der Waals surface area contributed by atoms with Crippen molar-refractivity contribution in [3.05, 3.63) is 0 Å². The fraction of sp³-hybridized carbons (Fsp3) is 0.857. The Morgan fingerprint density at radius 3 is 2.55 bits per heavy atom. The normalized spacial score (nSPS) is 16.0. The van der Waals surface area contributed by atoms with Crippen LogP contribution < -0.4 is 11.5 Å². The van der Waals surface area contributed by atoms with Crippen molar-refractivity contribution in [2.24, 2.45) is 11.5 Å². The highest BCUT2D eigenvalue weighted by Gasteiger charge is 2.12. The fourth-order valence-electron chi connectivity index (χ4n) is 0.761. The molecule has 0 aromatic heterocycles. The third-order valence-electron chi connectivity index (χ3n) is 1.61. The van der Waals surface area contributed by atoms with E-state index in [1.54, 1.807) is 0 Å². The van der Waals surface area contributed by atoms with E-state index in [9.17, 15) is 5.11 Å². The first-order valence-corrected chi connectivity index (χ1v) is 3.82. The van der Waals surface area contributed by atoms with Gasteiger partial charge < -0.3 is 22.0 Å². The second-order valence-corrected chi connectivity index (χ2v) is 2.63. The summed E-state index contributed by atoms with van der Waals surface area (Å²) < 4.78 is 0. The molecule has 0 aromatic rings. The molecule has 0 bridgehead atoms. The minimum atomic E-state index is -0.710. The predicted octanol–water partition coefficient (Wildman–Crippen LogP) is -0.547. The minimum Gasteiger partial charge on any atom is -0.387 e. The highest BCUT2D eigenvalue weighted by molar-refractivity contribution is 5.85. The van der Waals surface area contributed by atoms with Crippen LogP contribution in [-0.2, 0) is 0 Å². The van der Waals surface area contributed by atoms with Crippen LogP contribution in [-0.4, -0.2) is 29.5 Å². The maximum atomic E-state index is 9.26. The Hall–Kier alpha value is -0.450. The van der Waals surface area contributed by atoms with Gasteiger partial charge in [0.1, 0.15) is 0 Å². The van der Waals surface area contributed by atoms with Crippen LogP contribution in [0, 0.1) is 5.41 Å². The highest BCUT2D eigenvalue weighted by Crippen LogP contribution is 1.99. The third-order valence-corrected chi connectivity index (χ3v) is 1.61. The van der Waals surface area contributed by atoms with Crippen molar-refractivity contribution < 1.29 is 5.11 Å². The van der Waals surface area contributed by atoms with Gasteiger partial charge in [-0.15, -0.1) is 0 Å². The zero-order chi connectivity index (χ0) is 8.85. The summed E-state index contributed by atoms with van der Waals surface area (Å²) in [6.45, 7) is 2.19. The maximum absolute atomic E-state index is 9.26. The molecule has 0 heterocycles. The van der Waals surface area contributed by atoms with Gasteiger partial charge in [-0.05, 0) is 12.8 Å². The van der Waals surface area contributed by atoms with Gasteiger partial charge in [0.2, 0.25) is 0 Å². The van der Waals surface area contributed by atoms with E-state index in [2.05, 4.69) is 0 Å². The van der Waals surface area contributed by atoms with E-state index in [1.807, 2.05) is 6.92 Å². The summed E-state index contributed by atoms with van der Waals surface area (Å²) in [6.07, 6.45) is 0.250. The highest BCUT2D eigenvalue weighted by atomic mass is 16.3. The average molecular weight is 159 g/mol. The summed E-state index contributed by atoms with van der Waals surface area (Å²) in [5.74, 6) is 0. The van der Waals surface area contributed by atoms with Crippen LogP contribution in [0.5, 0.6) is 0 Å². The fourth-order valence-corrected chi connectivity index (χ4v) is 0.761. The van der Waals surface area contributed by atoms with Gasteiger partial charge >= 0.3 is 0 Å². The lowest BCUT2D eigenvalue weighted by atomic mass is 10.0. The number of rotatable bonds is 5. The maximum Gasteiger partial charge on any atom is 0.0929 e. The van der Waals surface area contributed by atoms with E-state index in [-0.39, 0.29) is 6.04 Å². The van der Waals surface area contributed by atoms with Crippen molar-refractivity contribution in [3.8, 4) is 0 Å². The van der Waals surface area contributed by atoms with Crippen LogP contribution in [0.1, 0.15) is 19.8 Å². The lowest BCUT2D eigenvalue weighted by Gasteiger charge is -2.14. The molecule has 0 fully saturated rings. The summed E-state index contributed by atoms with van der Waals surface area (Å²) >= 11 is 0. The van der Waals surface area contributed by atoms with Crippen LogP contribution in [0.2, 0.25) is 0 Å². The van der Waals surface area contributed by atoms with Crippen LogP contribution >= 0.6 is 0 Å². The van der Waals surface area contributed by atoms with E-state index < -0.39 is 6.10 Å². The summed E-state index contributed by atoms with van der Waals surface area (Å²) in [4.78, 5) is 0. The molecular formula is C7H17N3O. The van der Waals surface area contributed by atoms with E-state index in [0.29, 0.717) is 25.1 Å². The summed E-state index contributed by atoms with van der Waals surface area (Å²) in [5, 5.41) is 16.5. The Bertz CT molecular complexity index is 127. The van der Waals surface area contributed by atoms with Crippen LogP contribution in [0.15, 0.2) is 0 Å². The molecule has 0 saturated heterocycles. The number of hydrogen-bond donors (Lipinski definition) is 4. The van der Waals surface area contributed by atoms with Crippen molar-refractivity contribution in [1.82, 2.24) is 0 Å².